The van der Waals surface area contributed by atoms with Crippen LogP contribution in [0.15, 0.2) is 18.2 Å². The van der Waals surface area contributed by atoms with Gasteiger partial charge in [0.2, 0.25) is 10.0 Å². The molecule has 2 aliphatic rings. The van der Waals surface area contributed by atoms with E-state index >= 15 is 0 Å². The average molecular weight is 307 g/mol. The van der Waals surface area contributed by atoms with Crippen LogP contribution in [0.5, 0.6) is 0 Å². The van der Waals surface area contributed by atoms with Crippen LogP contribution in [0.4, 0.5) is 18.9 Å². The van der Waals surface area contributed by atoms with Crippen molar-refractivity contribution in [1.82, 2.24) is 0 Å². The first-order valence-electron chi connectivity index (χ1n) is 6.02. The van der Waals surface area contributed by atoms with Crippen molar-refractivity contribution in [3.63, 3.8) is 0 Å². The number of hydrogen-bond acceptors (Lipinski definition) is 3. The summed E-state index contributed by atoms with van der Waals surface area (Å²) in [6.45, 7) is 0.344. The Bertz CT molecular complexity index is 656. The Morgan fingerprint density at radius 3 is 2.65 bits per heavy atom. The Labute approximate surface area is 114 Å². The maximum Gasteiger partial charge on any atom is 0.416 e. The number of benzene rings is 1. The smallest absolute Gasteiger partial charge is 0.357 e. The minimum Gasteiger partial charge on any atom is -0.357 e. The largest absolute Gasteiger partial charge is 0.416 e. The third-order valence-electron chi connectivity index (χ3n) is 3.64. The van der Waals surface area contributed by atoms with Crippen molar-refractivity contribution in [2.75, 3.05) is 17.2 Å². The molecule has 1 saturated heterocycles. The zero-order valence-electron chi connectivity index (χ0n) is 10.5. The molecular formula is C12H12F3NO3S. The van der Waals surface area contributed by atoms with Gasteiger partial charge in [-0.3, -0.25) is 0 Å². The van der Waals surface area contributed by atoms with Crippen LogP contribution in [0, 0.1) is 0 Å². The molecule has 2 atom stereocenters. The van der Waals surface area contributed by atoms with Gasteiger partial charge in [-0.2, -0.15) is 13.2 Å². The summed E-state index contributed by atoms with van der Waals surface area (Å²) in [4.78, 5) is 0. The highest BCUT2D eigenvalue weighted by Gasteiger charge is 2.47. The first-order chi connectivity index (χ1) is 9.19. The van der Waals surface area contributed by atoms with Crippen molar-refractivity contribution in [3.8, 4) is 0 Å². The fourth-order valence-electron chi connectivity index (χ4n) is 2.85. The highest BCUT2D eigenvalue weighted by atomic mass is 32.2. The molecule has 1 aromatic carbocycles. The molecule has 20 heavy (non-hydrogen) atoms. The summed E-state index contributed by atoms with van der Waals surface area (Å²) >= 11 is 0. The number of nitrogens with zero attached hydrogens (tertiary/aromatic N) is 1. The number of halogens is 3. The molecule has 0 aliphatic carbocycles. The van der Waals surface area contributed by atoms with Gasteiger partial charge in [0, 0.05) is 5.92 Å². The number of hydrogen-bond donors (Lipinski definition) is 0. The van der Waals surface area contributed by atoms with E-state index in [0.29, 0.717) is 18.6 Å². The molecular weight excluding hydrogens is 295 g/mol. The summed E-state index contributed by atoms with van der Waals surface area (Å²) in [6, 6.07) is 3.14. The van der Waals surface area contributed by atoms with Gasteiger partial charge in [0.25, 0.3) is 0 Å². The predicted octanol–water partition coefficient (Wildman–Crippen LogP) is 2.32. The summed E-state index contributed by atoms with van der Waals surface area (Å²) < 4.78 is 68.5. The first kappa shape index (κ1) is 13.7. The van der Waals surface area contributed by atoms with Crippen molar-refractivity contribution in [3.05, 3.63) is 29.3 Å². The Kier molecular flexibility index (Phi) is 2.81. The fraction of sp³-hybridized carbons (Fsp3) is 0.500. The molecule has 0 N–H and O–H groups in total. The van der Waals surface area contributed by atoms with E-state index in [4.69, 9.17) is 4.74 Å². The van der Waals surface area contributed by atoms with Crippen LogP contribution in [0.25, 0.3) is 0 Å². The minimum atomic E-state index is -4.44. The topological polar surface area (TPSA) is 46.6 Å². The van der Waals surface area contributed by atoms with E-state index in [1.807, 2.05) is 0 Å². The molecule has 4 nitrogen and oxygen atoms in total. The van der Waals surface area contributed by atoms with E-state index in [-0.39, 0.29) is 11.6 Å². The third-order valence-corrected chi connectivity index (χ3v) is 4.76. The normalized spacial score (nSPS) is 25.7. The Balaban J connectivity index is 2.16. The second-order valence-corrected chi connectivity index (χ2v) is 6.85. The molecule has 3 rings (SSSR count). The lowest BCUT2D eigenvalue weighted by Gasteiger charge is -2.23. The van der Waals surface area contributed by atoms with Gasteiger partial charge in [-0.05, 0) is 30.2 Å². The molecule has 0 aromatic heterocycles. The maximum atomic E-state index is 12.8. The van der Waals surface area contributed by atoms with E-state index in [1.54, 1.807) is 0 Å². The molecule has 1 aromatic rings. The number of ether oxygens (including phenoxy) is 1. The van der Waals surface area contributed by atoms with E-state index in [0.717, 1.165) is 22.7 Å². The summed E-state index contributed by atoms with van der Waals surface area (Å²) in [6.07, 6.45) is -3.62. The molecule has 2 aliphatic heterocycles. The van der Waals surface area contributed by atoms with Crippen molar-refractivity contribution < 1.29 is 26.3 Å². The zero-order valence-corrected chi connectivity index (χ0v) is 11.3. The molecule has 0 spiro atoms. The SMILES string of the molecule is CS(=O)(=O)N1c2ccc(C(F)(F)F)cc2[C@@H]2CCO[C@@H]21. The van der Waals surface area contributed by atoms with Gasteiger partial charge in [-0.1, -0.05) is 0 Å². The zero-order chi connectivity index (χ0) is 14.7. The number of rotatable bonds is 1. The number of anilines is 1. The molecule has 2 heterocycles. The monoisotopic (exact) mass is 307 g/mol. The minimum absolute atomic E-state index is 0.287. The highest BCUT2D eigenvalue weighted by Crippen LogP contribution is 2.49. The molecule has 0 unspecified atom stereocenters. The molecule has 0 radical (unpaired) electrons. The van der Waals surface area contributed by atoms with Gasteiger partial charge in [-0.15, -0.1) is 0 Å². The van der Waals surface area contributed by atoms with Gasteiger partial charge in [0.05, 0.1) is 24.1 Å². The fourth-order valence-corrected chi connectivity index (χ4v) is 3.96. The van der Waals surface area contributed by atoms with Gasteiger partial charge in [-0.25, -0.2) is 12.7 Å². The van der Waals surface area contributed by atoms with E-state index < -0.39 is 28.0 Å². The van der Waals surface area contributed by atoms with Gasteiger partial charge in [0.15, 0.2) is 6.23 Å². The van der Waals surface area contributed by atoms with Crippen LogP contribution < -0.4 is 4.31 Å². The molecule has 0 amide bonds. The van der Waals surface area contributed by atoms with Crippen molar-refractivity contribution in [2.24, 2.45) is 0 Å². The van der Waals surface area contributed by atoms with E-state index in [2.05, 4.69) is 0 Å². The quantitative estimate of drug-likeness (QED) is 0.800. The van der Waals surface area contributed by atoms with Crippen molar-refractivity contribution in [2.45, 2.75) is 24.7 Å². The van der Waals surface area contributed by atoms with E-state index in [9.17, 15) is 21.6 Å². The molecule has 8 heteroatoms. The van der Waals surface area contributed by atoms with Gasteiger partial charge in [0.1, 0.15) is 0 Å². The lowest BCUT2D eigenvalue weighted by atomic mass is 9.97. The van der Waals surface area contributed by atoms with Crippen molar-refractivity contribution >= 4 is 15.7 Å². The summed E-state index contributed by atoms with van der Waals surface area (Å²) in [5.41, 5.74) is -0.0831. The van der Waals surface area contributed by atoms with E-state index in [1.165, 1.54) is 6.07 Å². The van der Waals surface area contributed by atoms with Crippen LogP contribution in [0.1, 0.15) is 23.5 Å². The van der Waals surface area contributed by atoms with Gasteiger partial charge < -0.3 is 4.74 Å². The summed E-state index contributed by atoms with van der Waals surface area (Å²) in [7, 11) is -3.59. The number of fused-ring (bicyclic) bond motifs is 3. The standard InChI is InChI=1S/C12H12F3NO3S/c1-20(17,18)16-10-3-2-7(12(13,14)15)6-9(10)8-4-5-19-11(8)16/h2-3,6,8,11H,4-5H2,1H3/t8-,11-/m0/s1. The molecule has 0 bridgehead atoms. The molecule has 0 saturated carbocycles. The maximum absolute atomic E-state index is 12.8. The van der Waals surface area contributed by atoms with Crippen LogP contribution >= 0.6 is 0 Å². The number of sulfonamides is 1. The van der Waals surface area contributed by atoms with Crippen LogP contribution in [-0.4, -0.2) is 27.5 Å². The lowest BCUT2D eigenvalue weighted by molar-refractivity contribution is -0.137. The molecule has 1 fully saturated rings. The Morgan fingerprint density at radius 2 is 2.05 bits per heavy atom. The van der Waals surface area contributed by atoms with Crippen LogP contribution in [0.2, 0.25) is 0 Å². The lowest BCUT2D eigenvalue weighted by Crippen LogP contribution is -2.37. The van der Waals surface area contributed by atoms with Crippen LogP contribution in [-0.2, 0) is 20.9 Å². The Hall–Kier alpha value is -1.28. The Morgan fingerprint density at radius 1 is 1.35 bits per heavy atom. The molecule has 110 valence electrons. The summed E-state index contributed by atoms with van der Waals surface area (Å²) in [5, 5.41) is 0. The number of alkyl halides is 3. The average Bonchev–Trinajstić information content (AvgIpc) is 2.84. The second-order valence-electron chi connectivity index (χ2n) is 4.99. The van der Waals surface area contributed by atoms with Crippen molar-refractivity contribution in [1.29, 1.82) is 0 Å². The first-order valence-corrected chi connectivity index (χ1v) is 7.86. The highest BCUT2D eigenvalue weighted by molar-refractivity contribution is 7.92. The van der Waals surface area contributed by atoms with Gasteiger partial charge >= 0.3 is 6.18 Å². The summed E-state index contributed by atoms with van der Waals surface area (Å²) in [5.74, 6) is -0.331. The second kappa shape index (κ2) is 4.11. The van der Waals surface area contributed by atoms with Crippen LogP contribution in [0.3, 0.4) is 0 Å². The predicted molar refractivity (Wildman–Crippen MR) is 65.9 cm³/mol. The third kappa shape index (κ3) is 1.98.